The average molecular weight is 227 g/mol. The van der Waals surface area contributed by atoms with Crippen LogP contribution in [0.15, 0.2) is 47.3 Å². The van der Waals surface area contributed by atoms with Crippen LogP contribution in [-0.2, 0) is 0 Å². The van der Waals surface area contributed by atoms with Crippen molar-refractivity contribution in [2.45, 2.75) is 0 Å². The van der Waals surface area contributed by atoms with Crippen LogP contribution >= 0.6 is 0 Å². The molecule has 0 unspecified atom stereocenters. The lowest BCUT2D eigenvalue weighted by Gasteiger charge is -1.99. The van der Waals surface area contributed by atoms with Gasteiger partial charge in [-0.15, -0.1) is 0 Å². The molecule has 0 spiro atoms. The predicted molar refractivity (Wildman–Crippen MR) is 62.8 cm³/mol. The zero-order valence-corrected chi connectivity index (χ0v) is 8.81. The number of nitrogens with one attached hydrogen (secondary N) is 2. The van der Waals surface area contributed by atoms with E-state index in [1.807, 2.05) is 24.3 Å². The molecule has 5 nitrogen and oxygen atoms in total. The molecule has 1 amide bonds. The average Bonchev–Trinajstić information content (AvgIpc) is 2.96. The van der Waals surface area contributed by atoms with Gasteiger partial charge in [-0.3, -0.25) is 9.89 Å². The fraction of sp³-hybridized carbons (Fsp3) is 0. The van der Waals surface area contributed by atoms with E-state index in [2.05, 4.69) is 15.5 Å². The van der Waals surface area contributed by atoms with Gasteiger partial charge in [-0.05, 0) is 6.07 Å². The van der Waals surface area contributed by atoms with Gasteiger partial charge in [0.15, 0.2) is 0 Å². The minimum atomic E-state index is -0.212. The third-order valence-corrected chi connectivity index (χ3v) is 2.48. The molecule has 0 bridgehead atoms. The molecule has 2 heterocycles. The number of rotatable bonds is 2. The zero-order valence-electron chi connectivity index (χ0n) is 8.81. The van der Waals surface area contributed by atoms with Crippen LogP contribution in [0, 0.1) is 0 Å². The number of hydrogen-bond donors (Lipinski definition) is 2. The Bertz CT molecular complexity index is 655. The number of nitrogens with zero attached hydrogens (tertiary/aromatic N) is 1. The van der Waals surface area contributed by atoms with E-state index >= 15 is 0 Å². The standard InChI is InChI=1S/C12H9N3O2/c16-12(15-8-5-13-14-6-8)10-7-17-11-4-2-1-3-9(10)11/h1-7H,(H,13,14)(H,15,16). The molecule has 3 rings (SSSR count). The van der Waals surface area contributed by atoms with Gasteiger partial charge in [-0.2, -0.15) is 5.10 Å². The zero-order chi connectivity index (χ0) is 11.7. The molecule has 0 aliphatic carbocycles. The van der Waals surface area contributed by atoms with Crippen LogP contribution < -0.4 is 5.32 Å². The molecule has 0 fully saturated rings. The Morgan fingerprint density at radius 2 is 2.24 bits per heavy atom. The van der Waals surface area contributed by atoms with Gasteiger partial charge in [-0.1, -0.05) is 18.2 Å². The summed E-state index contributed by atoms with van der Waals surface area (Å²) in [5.74, 6) is -0.212. The van der Waals surface area contributed by atoms with Crippen LogP contribution in [0.5, 0.6) is 0 Å². The van der Waals surface area contributed by atoms with Gasteiger partial charge in [0.05, 0.1) is 17.4 Å². The Kier molecular flexibility index (Phi) is 2.15. The highest BCUT2D eigenvalue weighted by atomic mass is 16.3. The van der Waals surface area contributed by atoms with E-state index in [1.54, 1.807) is 12.4 Å². The Morgan fingerprint density at radius 3 is 3.06 bits per heavy atom. The van der Waals surface area contributed by atoms with Gasteiger partial charge in [-0.25, -0.2) is 0 Å². The monoisotopic (exact) mass is 227 g/mol. The molecule has 0 atom stereocenters. The van der Waals surface area contributed by atoms with Crippen LogP contribution in [0.25, 0.3) is 11.0 Å². The second-order valence-corrected chi connectivity index (χ2v) is 3.59. The highest BCUT2D eigenvalue weighted by Crippen LogP contribution is 2.21. The van der Waals surface area contributed by atoms with Crippen LogP contribution in [0.1, 0.15) is 10.4 Å². The lowest BCUT2D eigenvalue weighted by Crippen LogP contribution is -2.10. The van der Waals surface area contributed by atoms with Crippen molar-refractivity contribution in [2.75, 3.05) is 5.32 Å². The molecule has 17 heavy (non-hydrogen) atoms. The van der Waals surface area contributed by atoms with Crippen molar-refractivity contribution in [2.24, 2.45) is 0 Å². The molecular formula is C12H9N3O2. The van der Waals surface area contributed by atoms with Gasteiger partial charge in [0.25, 0.3) is 5.91 Å². The summed E-state index contributed by atoms with van der Waals surface area (Å²) in [4.78, 5) is 12.0. The Hall–Kier alpha value is -2.56. The van der Waals surface area contributed by atoms with E-state index in [-0.39, 0.29) is 5.91 Å². The SMILES string of the molecule is O=C(Nc1cn[nH]c1)c1coc2ccccc12. The summed E-state index contributed by atoms with van der Waals surface area (Å²) in [6.07, 6.45) is 4.61. The number of amides is 1. The number of carbonyl (C=O) groups is 1. The van der Waals surface area contributed by atoms with E-state index in [0.717, 1.165) is 5.39 Å². The number of carbonyl (C=O) groups excluding carboxylic acids is 1. The fourth-order valence-corrected chi connectivity index (χ4v) is 1.67. The highest BCUT2D eigenvalue weighted by Gasteiger charge is 2.13. The number of benzene rings is 1. The number of anilines is 1. The van der Waals surface area contributed by atoms with Crippen molar-refractivity contribution in [3.63, 3.8) is 0 Å². The maximum absolute atomic E-state index is 12.0. The van der Waals surface area contributed by atoms with Crippen molar-refractivity contribution in [3.8, 4) is 0 Å². The topological polar surface area (TPSA) is 70.9 Å². The van der Waals surface area contributed by atoms with Gasteiger partial charge in [0.1, 0.15) is 11.8 Å². The Morgan fingerprint density at radius 1 is 1.35 bits per heavy atom. The first-order valence-corrected chi connectivity index (χ1v) is 5.11. The van der Waals surface area contributed by atoms with Gasteiger partial charge in [0.2, 0.25) is 0 Å². The summed E-state index contributed by atoms with van der Waals surface area (Å²) in [5.41, 5.74) is 1.84. The molecule has 0 radical (unpaired) electrons. The molecule has 2 N–H and O–H groups in total. The van der Waals surface area contributed by atoms with Crippen molar-refractivity contribution in [1.29, 1.82) is 0 Å². The van der Waals surface area contributed by atoms with E-state index in [9.17, 15) is 4.79 Å². The second-order valence-electron chi connectivity index (χ2n) is 3.59. The van der Waals surface area contributed by atoms with Crippen molar-refractivity contribution in [3.05, 3.63) is 48.5 Å². The Balaban J connectivity index is 1.96. The molecule has 84 valence electrons. The van der Waals surface area contributed by atoms with E-state index in [4.69, 9.17) is 4.42 Å². The summed E-state index contributed by atoms with van der Waals surface area (Å²) in [6, 6.07) is 7.41. The van der Waals surface area contributed by atoms with E-state index < -0.39 is 0 Å². The molecule has 0 saturated carbocycles. The maximum atomic E-state index is 12.0. The van der Waals surface area contributed by atoms with Gasteiger partial charge < -0.3 is 9.73 Å². The maximum Gasteiger partial charge on any atom is 0.259 e. The van der Waals surface area contributed by atoms with E-state index in [0.29, 0.717) is 16.8 Å². The predicted octanol–water partition coefficient (Wildman–Crippen LogP) is 2.41. The molecule has 1 aromatic carbocycles. The molecule has 3 aromatic rings. The molecule has 0 saturated heterocycles. The summed E-state index contributed by atoms with van der Waals surface area (Å²) in [6.45, 7) is 0. The largest absolute Gasteiger partial charge is 0.463 e. The number of aromatic amines is 1. The minimum absolute atomic E-state index is 0.212. The first-order valence-electron chi connectivity index (χ1n) is 5.11. The first-order chi connectivity index (χ1) is 8.34. The Labute approximate surface area is 96.4 Å². The quantitative estimate of drug-likeness (QED) is 0.706. The summed E-state index contributed by atoms with van der Waals surface area (Å²) < 4.78 is 5.31. The number of hydrogen-bond acceptors (Lipinski definition) is 3. The molecule has 0 aliphatic heterocycles. The van der Waals surface area contributed by atoms with Crippen molar-refractivity contribution < 1.29 is 9.21 Å². The normalized spacial score (nSPS) is 10.6. The third-order valence-electron chi connectivity index (χ3n) is 2.48. The van der Waals surface area contributed by atoms with E-state index in [1.165, 1.54) is 6.26 Å². The molecular weight excluding hydrogens is 218 g/mol. The molecule has 2 aromatic heterocycles. The van der Waals surface area contributed by atoms with Crippen LogP contribution in [0.2, 0.25) is 0 Å². The molecule has 5 heteroatoms. The van der Waals surface area contributed by atoms with Crippen LogP contribution in [0.4, 0.5) is 5.69 Å². The number of aromatic nitrogens is 2. The summed E-state index contributed by atoms with van der Waals surface area (Å²) in [5, 5.41) is 9.91. The van der Waals surface area contributed by atoms with Crippen molar-refractivity contribution in [1.82, 2.24) is 10.2 Å². The fourth-order valence-electron chi connectivity index (χ4n) is 1.67. The second kappa shape index (κ2) is 3.79. The van der Waals surface area contributed by atoms with Gasteiger partial charge >= 0.3 is 0 Å². The number of H-pyrrole nitrogens is 1. The van der Waals surface area contributed by atoms with Gasteiger partial charge in [0, 0.05) is 11.6 Å². The van der Waals surface area contributed by atoms with Crippen LogP contribution in [-0.4, -0.2) is 16.1 Å². The third kappa shape index (κ3) is 1.67. The number of fused-ring (bicyclic) bond motifs is 1. The lowest BCUT2D eigenvalue weighted by molar-refractivity contribution is 0.102. The van der Waals surface area contributed by atoms with Crippen molar-refractivity contribution >= 4 is 22.6 Å². The molecule has 0 aliphatic rings. The summed E-state index contributed by atoms with van der Waals surface area (Å²) in [7, 11) is 0. The van der Waals surface area contributed by atoms with Crippen LogP contribution in [0.3, 0.4) is 0 Å². The minimum Gasteiger partial charge on any atom is -0.463 e. The number of para-hydroxylation sites is 1. The lowest BCUT2D eigenvalue weighted by atomic mass is 10.1. The first kappa shape index (κ1) is 9.65. The smallest absolute Gasteiger partial charge is 0.259 e. The summed E-state index contributed by atoms with van der Waals surface area (Å²) >= 11 is 0. The number of furan rings is 1. The highest BCUT2D eigenvalue weighted by molar-refractivity contribution is 6.12.